The number of hydrogen-bond acceptors (Lipinski definition) is 8. The van der Waals surface area contributed by atoms with Crippen molar-refractivity contribution in [2.45, 2.75) is 25.1 Å². The first kappa shape index (κ1) is 37.8. The molecule has 2 atom stereocenters. The van der Waals surface area contributed by atoms with Crippen LogP contribution in [-0.2, 0) is 25.7 Å². The number of fused-ring (bicyclic) bond motifs is 1. The average molecular weight is 653 g/mol. The first-order valence-electron chi connectivity index (χ1n) is 11.8. The summed E-state index contributed by atoms with van der Waals surface area (Å²) in [6, 6.07) is 8.03. The Labute approximate surface area is 241 Å². The van der Waals surface area contributed by atoms with Crippen LogP contribution in [-0.4, -0.2) is 99.5 Å². The zero-order chi connectivity index (χ0) is 33.8. The minimum Gasteiger partial charge on any atom is -0.491 e. The van der Waals surface area contributed by atoms with Crippen LogP contribution in [0.15, 0.2) is 49.1 Å². The van der Waals surface area contributed by atoms with E-state index < -0.39 is 36.4 Å². The van der Waals surface area contributed by atoms with Gasteiger partial charge in [0.05, 0.1) is 26.0 Å². The summed E-state index contributed by atoms with van der Waals surface area (Å²) in [7, 11) is 0. The fourth-order valence-electron chi connectivity index (χ4n) is 3.67. The predicted molar refractivity (Wildman–Crippen MR) is 127 cm³/mol. The van der Waals surface area contributed by atoms with Gasteiger partial charge in [0.1, 0.15) is 5.75 Å². The number of rotatable bonds is 5. The molecule has 0 radical (unpaired) electrons. The highest BCUT2D eigenvalue weighted by atomic mass is 19.4. The lowest BCUT2D eigenvalue weighted by Gasteiger charge is -2.27. The Kier molecular flexibility index (Phi) is 13.8. The van der Waals surface area contributed by atoms with E-state index in [0.717, 1.165) is 38.6 Å². The molecular formula is C24H24F9N3O8. The molecular weight excluding hydrogens is 629 g/mol. The van der Waals surface area contributed by atoms with E-state index in [1.165, 1.54) is 5.56 Å². The molecule has 0 amide bonds. The molecule has 2 aliphatic rings. The smallest absolute Gasteiger partial charge is 0.490 e. The number of hydrogen-bond donors (Lipinski definition) is 3. The first-order valence-corrected chi connectivity index (χ1v) is 11.8. The number of pyridine rings is 2. The Bertz CT molecular complexity index is 1140. The third-order valence-corrected chi connectivity index (χ3v) is 5.64. The largest absolute Gasteiger partial charge is 0.491 e. The van der Waals surface area contributed by atoms with E-state index in [2.05, 4.69) is 27.0 Å². The van der Waals surface area contributed by atoms with Gasteiger partial charge in [-0.3, -0.25) is 14.9 Å². The second kappa shape index (κ2) is 16.0. The van der Waals surface area contributed by atoms with Crippen molar-refractivity contribution in [3.63, 3.8) is 0 Å². The van der Waals surface area contributed by atoms with E-state index in [-0.39, 0.29) is 5.41 Å². The highest BCUT2D eigenvalue weighted by molar-refractivity contribution is 5.73. The van der Waals surface area contributed by atoms with Crippen molar-refractivity contribution in [3.05, 3.63) is 54.6 Å². The standard InChI is InChI=1S/C18H21N3O2.3C2HF3O2/c1-2-17(8-20-5-1)23-14-18-12-21(10-16(18)11-22-13-18)9-15-3-6-19-7-4-15;3*3-2(4,5)1(6)7/h1-8,16H,9-14H2;3*(H,6,7)/t16-,18+;;;/m1.../s1. The molecule has 0 aromatic carbocycles. The lowest BCUT2D eigenvalue weighted by atomic mass is 9.82. The van der Waals surface area contributed by atoms with Crippen molar-refractivity contribution in [2.75, 3.05) is 32.9 Å². The molecule has 0 spiro atoms. The third-order valence-electron chi connectivity index (χ3n) is 5.64. The van der Waals surface area contributed by atoms with Crippen LogP contribution in [0.4, 0.5) is 39.5 Å². The minimum absolute atomic E-state index is 0.100. The molecule has 246 valence electrons. The summed E-state index contributed by atoms with van der Waals surface area (Å²) in [6.07, 6.45) is -8.00. The molecule has 2 aliphatic heterocycles. The number of carboxylic acid groups (broad SMARTS) is 3. The van der Waals surface area contributed by atoms with Gasteiger partial charge in [0.2, 0.25) is 0 Å². The zero-order valence-corrected chi connectivity index (χ0v) is 22.1. The van der Waals surface area contributed by atoms with Crippen LogP contribution in [0.3, 0.4) is 0 Å². The maximum absolute atomic E-state index is 10.6. The van der Waals surface area contributed by atoms with Crippen molar-refractivity contribution in [1.29, 1.82) is 0 Å². The van der Waals surface area contributed by atoms with Crippen LogP contribution in [0.2, 0.25) is 0 Å². The number of halogens is 9. The number of aliphatic carboxylic acids is 3. The van der Waals surface area contributed by atoms with Crippen molar-refractivity contribution in [3.8, 4) is 5.75 Å². The topological polar surface area (TPSA) is 159 Å². The van der Waals surface area contributed by atoms with Crippen molar-refractivity contribution in [2.24, 2.45) is 11.3 Å². The Morgan fingerprint density at radius 2 is 1.36 bits per heavy atom. The molecule has 2 aromatic heterocycles. The third kappa shape index (κ3) is 13.4. The van der Waals surface area contributed by atoms with E-state index in [1.807, 2.05) is 24.5 Å². The quantitative estimate of drug-likeness (QED) is 0.402. The Morgan fingerprint density at radius 3 is 1.80 bits per heavy atom. The number of aromatic nitrogens is 2. The molecule has 0 bridgehead atoms. The molecule has 0 aliphatic carbocycles. The number of alkyl halides is 9. The molecule has 11 nitrogen and oxygen atoms in total. The molecule has 0 unspecified atom stereocenters. The number of likely N-dealkylation sites (tertiary alicyclic amines) is 1. The zero-order valence-electron chi connectivity index (χ0n) is 22.1. The van der Waals surface area contributed by atoms with E-state index in [1.54, 1.807) is 12.4 Å². The summed E-state index contributed by atoms with van der Waals surface area (Å²) in [5.41, 5.74) is 1.41. The maximum Gasteiger partial charge on any atom is 0.490 e. The summed E-state index contributed by atoms with van der Waals surface area (Å²) in [5.74, 6) is -6.89. The minimum atomic E-state index is -5.08. The van der Waals surface area contributed by atoms with Crippen LogP contribution in [0, 0.1) is 11.3 Å². The maximum atomic E-state index is 10.6. The average Bonchev–Trinajstić information content (AvgIpc) is 3.45. The molecule has 0 saturated carbocycles. The summed E-state index contributed by atoms with van der Waals surface area (Å²) >= 11 is 0. The van der Waals surface area contributed by atoms with E-state index in [9.17, 15) is 39.5 Å². The van der Waals surface area contributed by atoms with E-state index in [0.29, 0.717) is 12.5 Å². The highest BCUT2D eigenvalue weighted by Crippen LogP contribution is 2.42. The second-order valence-corrected chi connectivity index (χ2v) is 8.99. The Morgan fingerprint density at radius 1 is 0.864 bits per heavy atom. The van der Waals surface area contributed by atoms with Gasteiger partial charge >= 0.3 is 36.4 Å². The summed E-state index contributed by atoms with van der Waals surface area (Å²) in [6.45, 7) is 5.36. The van der Waals surface area contributed by atoms with Gasteiger partial charge < -0.3 is 24.8 Å². The number of carbonyl (C=O) groups is 3. The number of nitrogens with zero attached hydrogens (tertiary/aromatic N) is 3. The van der Waals surface area contributed by atoms with Gasteiger partial charge in [-0.25, -0.2) is 14.4 Å². The van der Waals surface area contributed by atoms with Crippen molar-refractivity contribution >= 4 is 17.9 Å². The van der Waals surface area contributed by atoms with Crippen molar-refractivity contribution in [1.82, 2.24) is 14.9 Å². The van der Waals surface area contributed by atoms with Crippen molar-refractivity contribution < 1.29 is 78.7 Å². The first-order chi connectivity index (χ1) is 20.2. The van der Waals surface area contributed by atoms with Gasteiger partial charge in [-0.15, -0.1) is 0 Å². The van der Waals surface area contributed by atoms with Gasteiger partial charge in [-0.2, -0.15) is 39.5 Å². The normalized spacial score (nSPS) is 19.5. The lowest BCUT2D eigenvalue weighted by molar-refractivity contribution is -0.193. The predicted octanol–water partition coefficient (Wildman–Crippen LogP) is 3.90. The highest BCUT2D eigenvalue weighted by Gasteiger charge is 2.51. The van der Waals surface area contributed by atoms with Crippen LogP contribution in [0.1, 0.15) is 5.56 Å². The molecule has 2 fully saturated rings. The fraction of sp³-hybridized carbons (Fsp3) is 0.458. The van der Waals surface area contributed by atoms with Crippen LogP contribution in [0.5, 0.6) is 5.75 Å². The Hall–Kier alpha value is -4.20. The monoisotopic (exact) mass is 653 g/mol. The molecule has 20 heteroatoms. The second-order valence-electron chi connectivity index (χ2n) is 8.99. The molecule has 4 heterocycles. The number of ether oxygens (including phenoxy) is 2. The Balaban J connectivity index is 0.000000379. The van der Waals surface area contributed by atoms with Gasteiger partial charge in [-0.1, -0.05) is 0 Å². The molecule has 4 rings (SSSR count). The molecule has 2 saturated heterocycles. The van der Waals surface area contributed by atoms with Crippen LogP contribution >= 0.6 is 0 Å². The molecule has 44 heavy (non-hydrogen) atoms. The summed E-state index contributed by atoms with van der Waals surface area (Å²) in [5, 5.41) is 21.4. The van der Waals surface area contributed by atoms with Crippen LogP contribution < -0.4 is 4.74 Å². The van der Waals surface area contributed by atoms with Crippen LogP contribution in [0.25, 0.3) is 0 Å². The molecule has 2 aromatic rings. The van der Waals surface area contributed by atoms with Gasteiger partial charge in [-0.05, 0) is 29.8 Å². The van der Waals surface area contributed by atoms with Gasteiger partial charge in [0, 0.05) is 49.6 Å². The fourth-order valence-corrected chi connectivity index (χ4v) is 3.67. The molecule has 3 N–H and O–H groups in total. The summed E-state index contributed by atoms with van der Waals surface area (Å²) < 4.78 is 107. The summed E-state index contributed by atoms with van der Waals surface area (Å²) in [4.78, 5) is 37.4. The van der Waals surface area contributed by atoms with Gasteiger partial charge in [0.15, 0.2) is 0 Å². The lowest BCUT2D eigenvalue weighted by Crippen LogP contribution is -2.36. The van der Waals surface area contributed by atoms with E-state index in [4.69, 9.17) is 39.2 Å². The van der Waals surface area contributed by atoms with E-state index >= 15 is 0 Å². The number of carboxylic acids is 3. The SMILES string of the molecule is O=C(O)C(F)(F)F.O=C(O)C(F)(F)F.O=C(O)C(F)(F)F.c1cncc(OC[C@]23COC[C@H]2CN(Cc2ccncc2)C3)c1. The van der Waals surface area contributed by atoms with Gasteiger partial charge in [0.25, 0.3) is 0 Å².